The van der Waals surface area contributed by atoms with E-state index in [4.69, 9.17) is 0 Å². The second kappa shape index (κ2) is 6.30. The van der Waals surface area contributed by atoms with Crippen molar-refractivity contribution in [3.8, 4) is 0 Å². The Labute approximate surface area is 133 Å². The van der Waals surface area contributed by atoms with E-state index in [1.165, 1.54) is 17.0 Å². The fourth-order valence-corrected chi connectivity index (χ4v) is 2.64. The number of nitrogens with one attached hydrogen (secondary N) is 1. The van der Waals surface area contributed by atoms with E-state index < -0.39 is 6.04 Å². The fraction of sp³-hybridized carbons (Fsp3) is 0.222. The molecule has 5 heteroatoms. The first kappa shape index (κ1) is 15.4. The maximum atomic E-state index is 13.2. The number of hydrogen-bond acceptors (Lipinski definition) is 3. The molecule has 0 saturated carbocycles. The molecular formula is C18H17FN2O2. The van der Waals surface area contributed by atoms with Gasteiger partial charge in [0.25, 0.3) is 5.91 Å². The van der Waals surface area contributed by atoms with E-state index in [1.807, 2.05) is 19.1 Å². The maximum Gasteiger partial charge on any atom is 0.251 e. The summed E-state index contributed by atoms with van der Waals surface area (Å²) in [5, 5.41) is 3.04. The molecule has 0 aliphatic carbocycles. The van der Waals surface area contributed by atoms with Crippen molar-refractivity contribution < 1.29 is 14.0 Å². The minimum Gasteiger partial charge on any atom is -0.301 e. The van der Waals surface area contributed by atoms with Crippen LogP contribution in [0.3, 0.4) is 0 Å². The lowest BCUT2D eigenvalue weighted by Gasteiger charge is -2.15. The minimum atomic E-state index is -0.577. The molecule has 2 amide bonds. The number of carbonyl (C=O) groups excluding carboxylic acids is 2. The Morgan fingerprint density at radius 2 is 1.91 bits per heavy atom. The van der Waals surface area contributed by atoms with Crippen LogP contribution in [0.15, 0.2) is 48.5 Å². The molecular weight excluding hydrogens is 295 g/mol. The molecule has 1 aliphatic heterocycles. The van der Waals surface area contributed by atoms with Crippen LogP contribution in [-0.2, 0) is 16.1 Å². The lowest BCUT2D eigenvalue weighted by Crippen LogP contribution is -2.38. The van der Waals surface area contributed by atoms with Crippen molar-refractivity contribution in [1.82, 2.24) is 5.32 Å². The number of nitrogens with zero attached hydrogens (tertiary/aromatic N) is 1. The van der Waals surface area contributed by atoms with E-state index >= 15 is 0 Å². The highest BCUT2D eigenvalue weighted by molar-refractivity contribution is 6.22. The Morgan fingerprint density at radius 3 is 2.61 bits per heavy atom. The van der Waals surface area contributed by atoms with Crippen molar-refractivity contribution in [3.63, 3.8) is 0 Å². The third-order valence-corrected chi connectivity index (χ3v) is 3.88. The Kier molecular flexibility index (Phi) is 4.21. The SMILES string of the molecule is Cc1ccc(N2C(=O)C[C@H](NCc3cccc(F)c3)C2=O)cc1. The summed E-state index contributed by atoms with van der Waals surface area (Å²) in [5.74, 6) is -0.815. The first-order valence-corrected chi connectivity index (χ1v) is 7.46. The third-order valence-electron chi connectivity index (χ3n) is 3.88. The van der Waals surface area contributed by atoms with E-state index in [0.29, 0.717) is 12.2 Å². The molecule has 1 saturated heterocycles. The molecule has 1 heterocycles. The second-order valence-corrected chi connectivity index (χ2v) is 5.67. The van der Waals surface area contributed by atoms with E-state index in [2.05, 4.69) is 5.32 Å². The van der Waals surface area contributed by atoms with Gasteiger partial charge in [0.1, 0.15) is 5.82 Å². The molecule has 4 nitrogen and oxygen atoms in total. The van der Waals surface area contributed by atoms with Crippen LogP contribution in [0.25, 0.3) is 0 Å². The Hall–Kier alpha value is -2.53. The summed E-state index contributed by atoms with van der Waals surface area (Å²) in [6.45, 7) is 2.28. The lowest BCUT2D eigenvalue weighted by atomic mass is 10.2. The van der Waals surface area contributed by atoms with E-state index in [0.717, 1.165) is 11.1 Å². The summed E-state index contributed by atoms with van der Waals surface area (Å²) in [6, 6.07) is 12.8. The van der Waals surface area contributed by atoms with Crippen LogP contribution in [0, 0.1) is 12.7 Å². The van der Waals surface area contributed by atoms with Gasteiger partial charge in [-0.25, -0.2) is 9.29 Å². The number of halogens is 1. The number of benzene rings is 2. The molecule has 1 fully saturated rings. The zero-order valence-electron chi connectivity index (χ0n) is 12.8. The smallest absolute Gasteiger partial charge is 0.251 e. The molecule has 0 bridgehead atoms. The van der Waals surface area contributed by atoms with Crippen molar-refractivity contribution in [2.45, 2.75) is 25.9 Å². The average Bonchev–Trinajstić information content (AvgIpc) is 2.81. The molecule has 3 rings (SSSR count). The van der Waals surface area contributed by atoms with Crippen molar-refractivity contribution >= 4 is 17.5 Å². The van der Waals surface area contributed by atoms with Crippen LogP contribution >= 0.6 is 0 Å². The van der Waals surface area contributed by atoms with Crippen molar-refractivity contribution in [2.24, 2.45) is 0 Å². The third kappa shape index (κ3) is 3.29. The molecule has 0 spiro atoms. The number of carbonyl (C=O) groups is 2. The Bertz CT molecular complexity index is 743. The molecule has 2 aromatic rings. The van der Waals surface area contributed by atoms with Gasteiger partial charge < -0.3 is 5.32 Å². The highest BCUT2D eigenvalue weighted by atomic mass is 19.1. The topological polar surface area (TPSA) is 49.4 Å². The van der Waals surface area contributed by atoms with Crippen LogP contribution in [0.5, 0.6) is 0 Å². The summed E-state index contributed by atoms with van der Waals surface area (Å²) in [4.78, 5) is 25.8. The van der Waals surface area contributed by atoms with Gasteiger partial charge in [-0.3, -0.25) is 9.59 Å². The summed E-state index contributed by atoms with van der Waals surface area (Å²) < 4.78 is 13.2. The van der Waals surface area contributed by atoms with Crippen molar-refractivity contribution in [1.29, 1.82) is 0 Å². The van der Waals surface area contributed by atoms with Crippen LogP contribution in [0.4, 0.5) is 10.1 Å². The zero-order chi connectivity index (χ0) is 16.4. The first-order valence-electron chi connectivity index (χ1n) is 7.46. The molecule has 0 radical (unpaired) electrons. The summed E-state index contributed by atoms with van der Waals surface area (Å²) in [6.07, 6.45) is 0.113. The molecule has 23 heavy (non-hydrogen) atoms. The average molecular weight is 312 g/mol. The summed E-state index contributed by atoms with van der Waals surface area (Å²) in [7, 11) is 0. The van der Waals surface area contributed by atoms with Gasteiger partial charge in [0, 0.05) is 6.54 Å². The van der Waals surface area contributed by atoms with Crippen LogP contribution < -0.4 is 10.2 Å². The van der Waals surface area contributed by atoms with Gasteiger partial charge in [-0.1, -0.05) is 29.8 Å². The lowest BCUT2D eigenvalue weighted by molar-refractivity contribution is -0.121. The minimum absolute atomic E-state index is 0.113. The molecule has 0 aromatic heterocycles. The molecule has 2 aromatic carbocycles. The van der Waals surface area contributed by atoms with Crippen LogP contribution in [-0.4, -0.2) is 17.9 Å². The van der Waals surface area contributed by atoms with E-state index in [9.17, 15) is 14.0 Å². The van der Waals surface area contributed by atoms with Crippen molar-refractivity contribution in [3.05, 3.63) is 65.5 Å². The van der Waals surface area contributed by atoms with Gasteiger partial charge in [0.2, 0.25) is 5.91 Å². The predicted octanol–water partition coefficient (Wildman–Crippen LogP) is 2.56. The normalized spacial score (nSPS) is 17.8. The summed E-state index contributed by atoms with van der Waals surface area (Å²) >= 11 is 0. The largest absolute Gasteiger partial charge is 0.301 e. The van der Waals surface area contributed by atoms with Gasteiger partial charge >= 0.3 is 0 Å². The number of anilines is 1. The molecule has 1 atom stereocenters. The molecule has 1 aliphatic rings. The maximum absolute atomic E-state index is 13.2. The van der Waals surface area contributed by atoms with Gasteiger partial charge in [-0.2, -0.15) is 0 Å². The Balaban J connectivity index is 1.70. The quantitative estimate of drug-likeness (QED) is 0.883. The summed E-state index contributed by atoms with van der Waals surface area (Å²) in [5.41, 5.74) is 2.38. The second-order valence-electron chi connectivity index (χ2n) is 5.67. The number of hydrogen-bond donors (Lipinski definition) is 1. The Morgan fingerprint density at radius 1 is 1.17 bits per heavy atom. The van der Waals surface area contributed by atoms with Crippen LogP contribution in [0.2, 0.25) is 0 Å². The highest BCUT2D eigenvalue weighted by Crippen LogP contribution is 2.23. The number of imide groups is 1. The number of amides is 2. The number of aryl methyl sites for hydroxylation is 1. The monoisotopic (exact) mass is 312 g/mol. The predicted molar refractivity (Wildman–Crippen MR) is 85.3 cm³/mol. The van der Waals surface area contributed by atoms with E-state index in [1.54, 1.807) is 24.3 Å². The molecule has 0 unspecified atom stereocenters. The van der Waals surface area contributed by atoms with Gasteiger partial charge in [-0.15, -0.1) is 0 Å². The zero-order valence-corrected chi connectivity index (χ0v) is 12.8. The van der Waals surface area contributed by atoms with Crippen molar-refractivity contribution in [2.75, 3.05) is 4.90 Å². The molecule has 1 N–H and O–H groups in total. The van der Waals surface area contributed by atoms with Crippen LogP contribution in [0.1, 0.15) is 17.5 Å². The fourth-order valence-electron chi connectivity index (χ4n) is 2.64. The van der Waals surface area contributed by atoms with Gasteiger partial charge in [0.05, 0.1) is 18.2 Å². The first-order chi connectivity index (χ1) is 11.0. The van der Waals surface area contributed by atoms with E-state index in [-0.39, 0.29) is 24.1 Å². The highest BCUT2D eigenvalue weighted by Gasteiger charge is 2.39. The number of rotatable bonds is 4. The molecule has 118 valence electrons. The standard InChI is InChI=1S/C18H17FN2O2/c1-12-5-7-15(8-6-12)21-17(22)10-16(18(21)23)20-11-13-3-2-4-14(19)9-13/h2-9,16,20H,10-11H2,1H3/t16-/m0/s1. The van der Waals surface area contributed by atoms with Gasteiger partial charge in [0.15, 0.2) is 0 Å². The van der Waals surface area contributed by atoms with Gasteiger partial charge in [-0.05, 0) is 36.8 Å².